The topological polar surface area (TPSA) is 127 Å². The fourth-order valence-corrected chi connectivity index (χ4v) is 2.91. The first-order valence-corrected chi connectivity index (χ1v) is 6.48. The first-order valence-electron chi connectivity index (χ1n) is 6.48. The summed E-state index contributed by atoms with van der Waals surface area (Å²) in [6, 6.07) is 2.67. The van der Waals surface area contributed by atoms with Crippen LogP contribution in [0.5, 0.6) is 11.5 Å². The molecule has 0 fully saturated rings. The summed E-state index contributed by atoms with van der Waals surface area (Å²) in [7, 11) is 0. The highest BCUT2D eigenvalue weighted by atomic mass is 16.4. The van der Waals surface area contributed by atoms with Crippen LogP contribution in [-0.4, -0.2) is 37.9 Å². The molecule has 0 aliphatic carbocycles. The molecule has 2 unspecified atom stereocenters. The van der Waals surface area contributed by atoms with Gasteiger partial charge in [0, 0.05) is 12.0 Å². The van der Waals surface area contributed by atoms with E-state index in [9.17, 15) is 30.0 Å². The first-order chi connectivity index (χ1) is 9.68. The van der Waals surface area contributed by atoms with Gasteiger partial charge in [-0.05, 0) is 25.0 Å². The number of carboxylic acids is 2. The quantitative estimate of drug-likeness (QED) is 0.521. The molecular formula is C14H17NO6. The van der Waals surface area contributed by atoms with E-state index in [2.05, 4.69) is 5.32 Å². The molecule has 1 aromatic carbocycles. The lowest BCUT2D eigenvalue weighted by atomic mass is 9.73. The predicted molar refractivity (Wildman–Crippen MR) is 72.3 cm³/mol. The Kier molecular flexibility index (Phi) is 3.33. The molecule has 0 amide bonds. The standard InChI is InChI=1S/C14H17NO6/c1-3-14(12(20)21)9-7(4-5-8(16)10(9)17)6-13(2,15-14)11(18)19/h4-5,15-17H,3,6H2,1-2H3,(H,18,19)(H,20,21). The van der Waals surface area contributed by atoms with E-state index in [1.807, 2.05) is 0 Å². The van der Waals surface area contributed by atoms with Crippen molar-refractivity contribution in [2.24, 2.45) is 0 Å². The lowest BCUT2D eigenvalue weighted by Gasteiger charge is -2.44. The van der Waals surface area contributed by atoms with Gasteiger partial charge in [0.1, 0.15) is 11.1 Å². The second-order valence-electron chi connectivity index (χ2n) is 5.47. The third-order valence-corrected chi connectivity index (χ3v) is 4.07. The maximum absolute atomic E-state index is 11.8. The molecule has 21 heavy (non-hydrogen) atoms. The Bertz CT molecular complexity index is 628. The van der Waals surface area contributed by atoms with Crippen molar-refractivity contribution < 1.29 is 30.0 Å². The molecule has 5 N–H and O–H groups in total. The maximum atomic E-state index is 11.8. The van der Waals surface area contributed by atoms with Crippen molar-refractivity contribution in [1.82, 2.24) is 5.32 Å². The number of carbonyl (C=O) groups is 2. The molecule has 0 bridgehead atoms. The molecule has 2 rings (SSSR count). The van der Waals surface area contributed by atoms with Gasteiger partial charge in [0.05, 0.1) is 0 Å². The molecule has 0 saturated heterocycles. The molecule has 0 spiro atoms. The molecule has 0 aromatic heterocycles. The summed E-state index contributed by atoms with van der Waals surface area (Å²) in [4.78, 5) is 23.3. The fourth-order valence-electron chi connectivity index (χ4n) is 2.91. The first kappa shape index (κ1) is 15.1. The van der Waals surface area contributed by atoms with Crippen molar-refractivity contribution in [3.63, 3.8) is 0 Å². The largest absolute Gasteiger partial charge is 0.504 e. The monoisotopic (exact) mass is 295 g/mol. The van der Waals surface area contributed by atoms with Gasteiger partial charge in [0.2, 0.25) is 0 Å². The Hall–Kier alpha value is -2.28. The molecule has 2 atom stereocenters. The Balaban J connectivity index is 2.80. The van der Waals surface area contributed by atoms with E-state index in [1.54, 1.807) is 6.92 Å². The molecule has 1 aromatic rings. The van der Waals surface area contributed by atoms with Crippen molar-refractivity contribution in [2.75, 3.05) is 0 Å². The van der Waals surface area contributed by atoms with Gasteiger partial charge in [-0.25, -0.2) is 4.79 Å². The number of hydrogen-bond donors (Lipinski definition) is 5. The second kappa shape index (κ2) is 4.63. The Morgan fingerprint density at radius 1 is 1.24 bits per heavy atom. The van der Waals surface area contributed by atoms with Gasteiger partial charge >= 0.3 is 11.9 Å². The van der Waals surface area contributed by atoms with Crippen molar-refractivity contribution in [1.29, 1.82) is 0 Å². The van der Waals surface area contributed by atoms with Gasteiger partial charge < -0.3 is 20.4 Å². The normalized spacial score (nSPS) is 27.9. The van der Waals surface area contributed by atoms with Crippen molar-refractivity contribution in [3.8, 4) is 11.5 Å². The number of aliphatic carboxylic acids is 2. The summed E-state index contributed by atoms with van der Waals surface area (Å²) in [5, 5.41) is 41.4. The minimum atomic E-state index is -1.77. The molecule has 1 aliphatic heterocycles. The van der Waals surface area contributed by atoms with E-state index in [4.69, 9.17) is 0 Å². The molecule has 114 valence electrons. The van der Waals surface area contributed by atoms with Crippen LogP contribution in [0.15, 0.2) is 12.1 Å². The van der Waals surface area contributed by atoms with Crippen LogP contribution in [0, 0.1) is 0 Å². The number of nitrogens with one attached hydrogen (secondary N) is 1. The van der Waals surface area contributed by atoms with Crippen LogP contribution >= 0.6 is 0 Å². The van der Waals surface area contributed by atoms with E-state index in [0.29, 0.717) is 5.56 Å². The number of hydrogen-bond acceptors (Lipinski definition) is 5. The van der Waals surface area contributed by atoms with E-state index in [0.717, 1.165) is 0 Å². The summed E-state index contributed by atoms with van der Waals surface area (Å²) in [5.74, 6) is -3.45. The Morgan fingerprint density at radius 3 is 2.33 bits per heavy atom. The van der Waals surface area contributed by atoms with Gasteiger partial charge in [0.25, 0.3) is 0 Å². The van der Waals surface area contributed by atoms with Crippen molar-refractivity contribution in [3.05, 3.63) is 23.3 Å². The molecular weight excluding hydrogens is 278 g/mol. The van der Waals surface area contributed by atoms with E-state index in [-0.39, 0.29) is 18.4 Å². The van der Waals surface area contributed by atoms with Gasteiger partial charge in [-0.1, -0.05) is 13.0 Å². The fraction of sp³-hybridized carbons (Fsp3) is 0.429. The minimum Gasteiger partial charge on any atom is -0.504 e. The van der Waals surface area contributed by atoms with Crippen LogP contribution < -0.4 is 5.32 Å². The number of phenols is 2. The minimum absolute atomic E-state index is 0.000532. The lowest BCUT2D eigenvalue weighted by Crippen LogP contribution is -2.65. The molecule has 1 aliphatic rings. The van der Waals surface area contributed by atoms with Gasteiger partial charge in [0.15, 0.2) is 11.5 Å². The number of aromatic hydroxyl groups is 2. The number of fused-ring (bicyclic) bond motifs is 1. The molecule has 7 nitrogen and oxygen atoms in total. The highest BCUT2D eigenvalue weighted by Gasteiger charge is 2.53. The Morgan fingerprint density at radius 2 is 1.86 bits per heavy atom. The molecule has 1 heterocycles. The highest BCUT2D eigenvalue weighted by Crippen LogP contribution is 2.45. The zero-order valence-electron chi connectivity index (χ0n) is 11.7. The van der Waals surface area contributed by atoms with E-state index in [1.165, 1.54) is 19.1 Å². The number of rotatable bonds is 3. The summed E-state index contributed by atoms with van der Waals surface area (Å²) >= 11 is 0. The van der Waals surface area contributed by atoms with Crippen LogP contribution in [0.3, 0.4) is 0 Å². The SMILES string of the molecule is CCC1(C(=O)O)NC(C)(C(=O)O)Cc2ccc(O)c(O)c21. The van der Waals surface area contributed by atoms with Gasteiger partial charge in [-0.15, -0.1) is 0 Å². The lowest BCUT2D eigenvalue weighted by molar-refractivity contribution is -0.152. The van der Waals surface area contributed by atoms with Crippen LogP contribution in [0.25, 0.3) is 0 Å². The van der Waals surface area contributed by atoms with E-state index >= 15 is 0 Å². The molecule has 7 heteroatoms. The molecule has 0 saturated carbocycles. The van der Waals surface area contributed by atoms with Crippen LogP contribution in [0.4, 0.5) is 0 Å². The van der Waals surface area contributed by atoms with Gasteiger partial charge in [-0.2, -0.15) is 0 Å². The van der Waals surface area contributed by atoms with Crippen LogP contribution in [-0.2, 0) is 21.5 Å². The zero-order chi connectivity index (χ0) is 16.0. The zero-order valence-corrected chi connectivity index (χ0v) is 11.7. The Labute approximate surface area is 120 Å². The predicted octanol–water partition coefficient (Wildman–Crippen LogP) is 0.777. The third-order valence-electron chi connectivity index (χ3n) is 4.07. The van der Waals surface area contributed by atoms with E-state index < -0.39 is 34.5 Å². The average Bonchev–Trinajstić information content (AvgIpc) is 2.41. The number of phenolic OH excluding ortho intramolecular Hbond substituents is 2. The summed E-state index contributed by atoms with van der Waals surface area (Å²) < 4.78 is 0. The number of benzene rings is 1. The van der Waals surface area contributed by atoms with Crippen molar-refractivity contribution >= 4 is 11.9 Å². The molecule has 0 radical (unpaired) electrons. The maximum Gasteiger partial charge on any atom is 0.328 e. The summed E-state index contributed by atoms with van der Waals surface area (Å²) in [6.07, 6.45) is 0.00968. The highest BCUT2D eigenvalue weighted by molar-refractivity contribution is 5.88. The smallest absolute Gasteiger partial charge is 0.328 e. The van der Waals surface area contributed by atoms with Crippen LogP contribution in [0.2, 0.25) is 0 Å². The van der Waals surface area contributed by atoms with Gasteiger partial charge in [-0.3, -0.25) is 10.1 Å². The summed E-state index contributed by atoms with van der Waals surface area (Å²) in [5.41, 5.74) is -2.84. The van der Waals surface area contributed by atoms with Crippen molar-refractivity contribution in [2.45, 2.75) is 37.8 Å². The van der Waals surface area contributed by atoms with Crippen LogP contribution in [0.1, 0.15) is 31.4 Å². The average molecular weight is 295 g/mol. The number of carboxylic acid groups (broad SMARTS) is 2. The summed E-state index contributed by atoms with van der Waals surface area (Å²) in [6.45, 7) is 2.97. The third kappa shape index (κ3) is 2.01. The second-order valence-corrected chi connectivity index (χ2v) is 5.47.